The number of anilines is 1. The third-order valence-corrected chi connectivity index (χ3v) is 6.59. The SMILES string of the molecule is CC1(OC(=O)OC[C@H]2O[C@@](C#N)(c3ccc4c(N)ncnn34)[C@H](O)[C@@H]2O)CCCCCCC1. The van der Waals surface area contributed by atoms with Crippen LogP contribution in [-0.2, 0) is 19.8 Å². The van der Waals surface area contributed by atoms with Gasteiger partial charge in [-0.15, -0.1) is 0 Å². The normalized spacial score (nSPS) is 29.7. The minimum Gasteiger partial charge on any atom is -0.431 e. The molecule has 0 aromatic carbocycles. The Kier molecular flexibility index (Phi) is 6.43. The average molecular weight is 460 g/mol. The Morgan fingerprint density at radius 2 is 2.00 bits per heavy atom. The van der Waals surface area contributed by atoms with Crippen molar-refractivity contribution in [2.45, 2.75) is 81.4 Å². The molecule has 2 aromatic heterocycles. The zero-order valence-electron chi connectivity index (χ0n) is 18.5. The van der Waals surface area contributed by atoms with Gasteiger partial charge in [-0.3, -0.25) is 0 Å². The van der Waals surface area contributed by atoms with Crippen LogP contribution in [0.2, 0.25) is 0 Å². The van der Waals surface area contributed by atoms with E-state index < -0.39 is 42.3 Å². The number of carbonyl (C=O) groups excluding carboxylic acids is 1. The van der Waals surface area contributed by atoms with Gasteiger partial charge in [0.05, 0.1) is 5.69 Å². The van der Waals surface area contributed by atoms with Crippen molar-refractivity contribution in [3.63, 3.8) is 0 Å². The molecule has 1 aliphatic heterocycles. The van der Waals surface area contributed by atoms with Crippen LogP contribution in [0.4, 0.5) is 10.6 Å². The second-order valence-corrected chi connectivity index (χ2v) is 8.98. The average Bonchev–Trinajstić information content (AvgIpc) is 3.31. The molecule has 11 nitrogen and oxygen atoms in total. The maximum atomic E-state index is 12.4. The summed E-state index contributed by atoms with van der Waals surface area (Å²) in [4.78, 5) is 16.3. The van der Waals surface area contributed by atoms with Crippen molar-refractivity contribution >= 4 is 17.5 Å². The van der Waals surface area contributed by atoms with E-state index in [0.29, 0.717) is 5.52 Å². The predicted octanol–water partition coefficient (Wildman–Crippen LogP) is 1.81. The highest BCUT2D eigenvalue weighted by Crippen LogP contribution is 2.40. The molecule has 0 bridgehead atoms. The highest BCUT2D eigenvalue weighted by atomic mass is 16.7. The quantitative estimate of drug-likeness (QED) is 0.574. The Morgan fingerprint density at radius 1 is 1.30 bits per heavy atom. The van der Waals surface area contributed by atoms with Crippen LogP contribution in [0.5, 0.6) is 0 Å². The number of aliphatic hydroxyl groups excluding tert-OH is 2. The van der Waals surface area contributed by atoms with Gasteiger partial charge in [-0.05, 0) is 44.7 Å². The largest absolute Gasteiger partial charge is 0.508 e. The van der Waals surface area contributed by atoms with Crippen molar-refractivity contribution < 1.29 is 29.2 Å². The van der Waals surface area contributed by atoms with Crippen molar-refractivity contribution in [1.29, 1.82) is 5.26 Å². The molecule has 0 spiro atoms. The molecule has 2 aliphatic rings. The zero-order valence-corrected chi connectivity index (χ0v) is 18.5. The van der Waals surface area contributed by atoms with E-state index in [9.17, 15) is 20.3 Å². The van der Waals surface area contributed by atoms with Gasteiger partial charge in [0.15, 0.2) is 5.82 Å². The number of hydrogen-bond acceptors (Lipinski definition) is 10. The summed E-state index contributed by atoms with van der Waals surface area (Å²) in [5.41, 5.74) is 3.89. The van der Waals surface area contributed by atoms with Crippen molar-refractivity contribution in [3.05, 3.63) is 24.2 Å². The molecule has 178 valence electrons. The van der Waals surface area contributed by atoms with Crippen LogP contribution < -0.4 is 5.73 Å². The lowest BCUT2D eigenvalue weighted by molar-refractivity contribution is -0.0852. The van der Waals surface area contributed by atoms with E-state index in [2.05, 4.69) is 10.1 Å². The summed E-state index contributed by atoms with van der Waals surface area (Å²) in [5.74, 6) is 0.183. The van der Waals surface area contributed by atoms with E-state index in [0.717, 1.165) is 38.5 Å². The standard InChI is InChI=1S/C22H29N5O6/c1-21(9-5-3-2-4-6-10-21)33-20(30)31-11-15-17(28)18(29)22(12-23,32-15)16-8-7-14-19(24)25-13-26-27(14)16/h7-8,13,15,17-18,28-29H,2-6,9-11H2,1H3,(H2,24,25,26)/t15-,17-,18-,22+/m1/s1. The van der Waals surface area contributed by atoms with Gasteiger partial charge in [0.1, 0.15) is 48.4 Å². The van der Waals surface area contributed by atoms with Gasteiger partial charge >= 0.3 is 6.16 Å². The van der Waals surface area contributed by atoms with E-state index in [4.69, 9.17) is 19.9 Å². The van der Waals surface area contributed by atoms with Crippen molar-refractivity contribution in [1.82, 2.24) is 14.6 Å². The number of aliphatic hydroxyl groups is 2. The lowest BCUT2D eigenvalue weighted by Crippen LogP contribution is -2.41. The molecule has 2 fully saturated rings. The second-order valence-electron chi connectivity index (χ2n) is 8.98. The number of aromatic nitrogens is 3. The molecule has 2 aromatic rings. The molecule has 0 unspecified atom stereocenters. The highest BCUT2D eigenvalue weighted by molar-refractivity contribution is 5.66. The first-order valence-corrected chi connectivity index (χ1v) is 11.2. The van der Waals surface area contributed by atoms with E-state index in [1.807, 2.05) is 13.0 Å². The molecule has 11 heteroatoms. The molecule has 0 amide bonds. The summed E-state index contributed by atoms with van der Waals surface area (Å²) in [6.45, 7) is 1.51. The Bertz CT molecular complexity index is 1040. The number of rotatable bonds is 4. The Hall–Kier alpha value is -2.94. The summed E-state index contributed by atoms with van der Waals surface area (Å²) in [6, 6.07) is 5.05. The van der Waals surface area contributed by atoms with Gasteiger partial charge in [0.2, 0.25) is 5.60 Å². The fraction of sp³-hybridized carbons (Fsp3) is 0.636. The molecule has 0 radical (unpaired) electrons. The zero-order chi connectivity index (χ0) is 23.6. The van der Waals surface area contributed by atoms with Crippen LogP contribution in [-0.4, -0.2) is 61.5 Å². The third kappa shape index (κ3) is 4.34. The molecule has 1 saturated carbocycles. The fourth-order valence-electron chi connectivity index (χ4n) is 4.69. The first kappa shape index (κ1) is 23.2. The minimum atomic E-state index is -1.95. The predicted molar refractivity (Wildman–Crippen MR) is 115 cm³/mol. The molecule has 4 rings (SSSR count). The van der Waals surface area contributed by atoms with Gasteiger partial charge in [0.25, 0.3) is 0 Å². The first-order valence-electron chi connectivity index (χ1n) is 11.2. The van der Waals surface area contributed by atoms with Crippen molar-refractivity contribution in [2.24, 2.45) is 0 Å². The van der Waals surface area contributed by atoms with Crippen LogP contribution in [0.15, 0.2) is 18.5 Å². The topological polar surface area (TPSA) is 165 Å². The summed E-state index contributed by atoms with van der Waals surface area (Å²) in [6.07, 6.45) is 2.95. The van der Waals surface area contributed by atoms with Crippen LogP contribution in [0.1, 0.15) is 57.6 Å². The Labute approximate surface area is 191 Å². The number of ether oxygens (including phenoxy) is 3. The van der Waals surface area contributed by atoms with Crippen LogP contribution in [0.3, 0.4) is 0 Å². The first-order chi connectivity index (χ1) is 15.8. The Morgan fingerprint density at radius 3 is 2.70 bits per heavy atom. The van der Waals surface area contributed by atoms with Crippen LogP contribution >= 0.6 is 0 Å². The number of nitriles is 1. The third-order valence-electron chi connectivity index (χ3n) is 6.59. The lowest BCUT2D eigenvalue weighted by Gasteiger charge is -2.31. The number of nitrogens with two attached hydrogens (primary N) is 1. The maximum absolute atomic E-state index is 12.4. The summed E-state index contributed by atoms with van der Waals surface area (Å²) < 4.78 is 18.0. The molecule has 1 aliphatic carbocycles. The van der Waals surface area contributed by atoms with E-state index in [-0.39, 0.29) is 11.5 Å². The van der Waals surface area contributed by atoms with E-state index in [1.54, 1.807) is 6.07 Å². The maximum Gasteiger partial charge on any atom is 0.508 e. The number of hydrogen-bond donors (Lipinski definition) is 3. The summed E-state index contributed by atoms with van der Waals surface area (Å²) in [7, 11) is 0. The van der Waals surface area contributed by atoms with Gasteiger partial charge < -0.3 is 30.2 Å². The van der Waals surface area contributed by atoms with Crippen molar-refractivity contribution in [2.75, 3.05) is 12.3 Å². The second kappa shape index (κ2) is 9.13. The molecule has 1 saturated heterocycles. The number of nitrogens with zero attached hydrogens (tertiary/aromatic N) is 4. The van der Waals surface area contributed by atoms with E-state index >= 15 is 0 Å². The molecular formula is C22H29N5O6. The Balaban J connectivity index is 1.46. The van der Waals surface area contributed by atoms with Gasteiger partial charge in [-0.1, -0.05) is 19.3 Å². The highest BCUT2D eigenvalue weighted by Gasteiger charge is 2.58. The monoisotopic (exact) mass is 459 g/mol. The molecule has 4 N–H and O–H groups in total. The number of nitrogen functional groups attached to an aromatic ring is 1. The van der Waals surface area contributed by atoms with Gasteiger partial charge in [-0.2, -0.15) is 10.4 Å². The number of carbonyl (C=O) groups is 1. The molecular weight excluding hydrogens is 430 g/mol. The fourth-order valence-corrected chi connectivity index (χ4v) is 4.69. The number of fused-ring (bicyclic) bond motifs is 1. The van der Waals surface area contributed by atoms with Crippen molar-refractivity contribution in [3.8, 4) is 6.07 Å². The lowest BCUT2D eigenvalue weighted by atomic mass is 9.88. The minimum absolute atomic E-state index is 0.174. The van der Waals surface area contributed by atoms with Crippen LogP contribution in [0, 0.1) is 11.3 Å². The summed E-state index contributed by atoms with van der Waals surface area (Å²) >= 11 is 0. The van der Waals surface area contributed by atoms with Gasteiger partial charge in [-0.25, -0.2) is 14.3 Å². The van der Waals surface area contributed by atoms with Crippen LogP contribution in [0.25, 0.3) is 5.52 Å². The molecule has 33 heavy (non-hydrogen) atoms. The van der Waals surface area contributed by atoms with E-state index in [1.165, 1.54) is 23.3 Å². The van der Waals surface area contributed by atoms with Gasteiger partial charge in [0, 0.05) is 0 Å². The molecule has 4 atom stereocenters. The molecule has 3 heterocycles. The smallest absolute Gasteiger partial charge is 0.431 e. The summed E-state index contributed by atoms with van der Waals surface area (Å²) in [5, 5.41) is 35.3.